The zero-order valence-corrected chi connectivity index (χ0v) is 17.7. The molecule has 2 atom stereocenters. The molecular formula is C22H25BrN4O. The summed E-state index contributed by atoms with van der Waals surface area (Å²) in [7, 11) is 0. The molecule has 1 saturated heterocycles. The highest BCUT2D eigenvalue weighted by atomic mass is 79.9. The van der Waals surface area contributed by atoms with Crippen molar-refractivity contribution >= 4 is 22.0 Å². The Morgan fingerprint density at radius 2 is 2.07 bits per heavy atom. The molecule has 0 saturated carbocycles. The van der Waals surface area contributed by atoms with E-state index in [1.165, 1.54) is 16.8 Å². The Labute approximate surface area is 174 Å². The largest absolute Gasteiger partial charge is 0.362 e. The molecule has 1 aromatic heterocycles. The highest BCUT2D eigenvalue weighted by Crippen LogP contribution is 2.28. The fourth-order valence-electron chi connectivity index (χ4n) is 4.07. The molecule has 0 spiro atoms. The lowest BCUT2D eigenvalue weighted by molar-refractivity contribution is 0.145. The van der Waals surface area contributed by atoms with E-state index in [9.17, 15) is 4.79 Å². The van der Waals surface area contributed by atoms with Crippen molar-refractivity contribution < 1.29 is 4.79 Å². The van der Waals surface area contributed by atoms with Crippen LogP contribution < -0.4 is 0 Å². The van der Waals surface area contributed by atoms with Gasteiger partial charge in [-0.15, -0.1) is 5.10 Å². The molecule has 1 aliphatic carbocycles. The van der Waals surface area contributed by atoms with Crippen LogP contribution >= 0.6 is 15.9 Å². The first-order chi connectivity index (χ1) is 13.6. The number of rotatable bonds is 3. The average molecular weight is 441 g/mol. The molecule has 1 aromatic carbocycles. The summed E-state index contributed by atoms with van der Waals surface area (Å²) in [5.74, 6) is 0.578. The number of aromatic nitrogens is 3. The van der Waals surface area contributed by atoms with Gasteiger partial charge in [0.25, 0.3) is 0 Å². The summed E-state index contributed by atoms with van der Waals surface area (Å²) in [6.07, 6.45) is 13.6. The van der Waals surface area contributed by atoms with Crippen LogP contribution in [-0.2, 0) is 0 Å². The third-order valence-electron chi connectivity index (χ3n) is 5.53. The van der Waals surface area contributed by atoms with Gasteiger partial charge in [-0.25, -0.2) is 4.79 Å². The molecule has 4 rings (SSSR count). The second-order valence-corrected chi connectivity index (χ2v) is 8.66. The van der Waals surface area contributed by atoms with Crippen LogP contribution in [0.4, 0.5) is 4.79 Å². The fraction of sp³-hybridized carbons (Fsp3) is 0.409. The van der Waals surface area contributed by atoms with Crippen molar-refractivity contribution in [2.45, 2.75) is 45.1 Å². The van der Waals surface area contributed by atoms with Gasteiger partial charge in [-0.3, -0.25) is 0 Å². The van der Waals surface area contributed by atoms with Gasteiger partial charge in [0.05, 0.1) is 6.20 Å². The molecule has 6 heteroatoms. The Bertz CT molecular complexity index is 900. The topological polar surface area (TPSA) is 51.0 Å². The summed E-state index contributed by atoms with van der Waals surface area (Å²) >= 11 is 3.44. The molecule has 0 bridgehead atoms. The monoisotopic (exact) mass is 440 g/mol. The van der Waals surface area contributed by atoms with Crippen LogP contribution in [0.5, 0.6) is 0 Å². The van der Waals surface area contributed by atoms with Crippen molar-refractivity contribution in [1.82, 2.24) is 19.9 Å². The van der Waals surface area contributed by atoms with E-state index in [0.29, 0.717) is 11.6 Å². The second kappa shape index (κ2) is 8.43. The zero-order chi connectivity index (χ0) is 19.5. The molecular weight excluding hydrogens is 416 g/mol. The standard InChI is InChI=1S/C22H25BrN4O/c1-16-5-4-6-17(13-16)14-20-7-2-3-12-26(20)22(28)27-24-15-21(25-27)18-8-10-19(23)11-9-18/h4-6,8-11,15-16,20H,2-3,7,12-14H2,1H3. The number of nitrogens with zero attached hydrogens (tertiary/aromatic N) is 4. The number of benzene rings is 1. The van der Waals surface area contributed by atoms with Gasteiger partial charge in [0.1, 0.15) is 5.69 Å². The summed E-state index contributed by atoms with van der Waals surface area (Å²) in [6.45, 7) is 3.02. The van der Waals surface area contributed by atoms with Crippen LogP contribution in [0, 0.1) is 5.92 Å². The number of carbonyl (C=O) groups excluding carboxylic acids is 1. The van der Waals surface area contributed by atoms with E-state index in [-0.39, 0.29) is 12.1 Å². The van der Waals surface area contributed by atoms with Gasteiger partial charge in [0.15, 0.2) is 0 Å². The molecule has 1 aliphatic heterocycles. The van der Waals surface area contributed by atoms with Gasteiger partial charge in [-0.2, -0.15) is 5.10 Å². The van der Waals surface area contributed by atoms with E-state index in [0.717, 1.165) is 42.3 Å². The molecule has 28 heavy (non-hydrogen) atoms. The first kappa shape index (κ1) is 19.1. The van der Waals surface area contributed by atoms with Crippen LogP contribution in [-0.4, -0.2) is 38.5 Å². The summed E-state index contributed by atoms with van der Waals surface area (Å²) in [4.78, 5) is 16.4. The third-order valence-corrected chi connectivity index (χ3v) is 6.06. The van der Waals surface area contributed by atoms with Crippen LogP contribution in [0.15, 0.2) is 58.7 Å². The predicted molar refractivity (Wildman–Crippen MR) is 114 cm³/mol. The minimum absolute atomic E-state index is 0.118. The maximum absolute atomic E-state index is 13.1. The first-order valence-corrected chi connectivity index (χ1v) is 10.7. The van der Waals surface area contributed by atoms with Crippen molar-refractivity contribution in [2.75, 3.05) is 6.54 Å². The number of halogens is 1. The van der Waals surface area contributed by atoms with Crippen molar-refractivity contribution in [3.05, 3.63) is 58.7 Å². The number of amides is 1. The van der Waals surface area contributed by atoms with Gasteiger partial charge in [-0.1, -0.05) is 63.6 Å². The number of hydrogen-bond donors (Lipinski definition) is 0. The Morgan fingerprint density at radius 3 is 2.86 bits per heavy atom. The predicted octanol–water partition coefficient (Wildman–Crippen LogP) is 5.44. The quantitative estimate of drug-likeness (QED) is 0.637. The van der Waals surface area contributed by atoms with E-state index in [2.05, 4.69) is 51.3 Å². The van der Waals surface area contributed by atoms with Gasteiger partial charge < -0.3 is 4.90 Å². The first-order valence-electron chi connectivity index (χ1n) is 9.95. The summed E-state index contributed by atoms with van der Waals surface area (Å²) < 4.78 is 1.01. The van der Waals surface area contributed by atoms with Crippen LogP contribution in [0.1, 0.15) is 39.0 Å². The Morgan fingerprint density at radius 1 is 1.25 bits per heavy atom. The SMILES string of the molecule is CC1C=CC=C(CC2CCCCN2C(=O)n2ncc(-c3ccc(Br)cc3)n2)C1. The number of piperidine rings is 1. The third kappa shape index (κ3) is 4.27. The van der Waals surface area contributed by atoms with Gasteiger partial charge in [0.2, 0.25) is 0 Å². The van der Waals surface area contributed by atoms with Crippen molar-refractivity contribution in [1.29, 1.82) is 0 Å². The van der Waals surface area contributed by atoms with E-state index in [1.807, 2.05) is 29.2 Å². The normalized spacial score (nSPS) is 22.2. The molecule has 2 heterocycles. The lowest BCUT2D eigenvalue weighted by Crippen LogP contribution is -2.46. The zero-order valence-electron chi connectivity index (χ0n) is 16.1. The number of allylic oxidation sites excluding steroid dienone is 3. The van der Waals surface area contributed by atoms with E-state index < -0.39 is 0 Å². The van der Waals surface area contributed by atoms with E-state index >= 15 is 0 Å². The number of hydrogen-bond acceptors (Lipinski definition) is 3. The van der Waals surface area contributed by atoms with Crippen LogP contribution in [0.25, 0.3) is 11.3 Å². The average Bonchev–Trinajstić information content (AvgIpc) is 3.19. The maximum atomic E-state index is 13.1. The fourth-order valence-corrected chi connectivity index (χ4v) is 4.34. The van der Waals surface area contributed by atoms with Gasteiger partial charge in [-0.05, 0) is 50.2 Å². The van der Waals surface area contributed by atoms with Gasteiger partial charge >= 0.3 is 6.03 Å². The van der Waals surface area contributed by atoms with E-state index in [4.69, 9.17) is 0 Å². The van der Waals surface area contributed by atoms with Crippen LogP contribution in [0.3, 0.4) is 0 Å². The maximum Gasteiger partial charge on any atom is 0.362 e. The molecule has 0 radical (unpaired) electrons. The van der Waals surface area contributed by atoms with E-state index in [1.54, 1.807) is 6.20 Å². The molecule has 1 fully saturated rings. The van der Waals surface area contributed by atoms with Crippen molar-refractivity contribution in [3.8, 4) is 11.3 Å². The second-order valence-electron chi connectivity index (χ2n) is 7.75. The van der Waals surface area contributed by atoms with Gasteiger partial charge in [0, 0.05) is 22.6 Å². The lowest BCUT2D eigenvalue weighted by Gasteiger charge is -2.36. The summed E-state index contributed by atoms with van der Waals surface area (Å²) in [5.41, 5.74) is 3.10. The highest BCUT2D eigenvalue weighted by Gasteiger charge is 2.29. The Balaban J connectivity index is 1.50. The summed E-state index contributed by atoms with van der Waals surface area (Å²) in [5, 5.41) is 8.71. The molecule has 146 valence electrons. The minimum Gasteiger partial charge on any atom is -0.318 e. The van der Waals surface area contributed by atoms with Crippen molar-refractivity contribution in [3.63, 3.8) is 0 Å². The lowest BCUT2D eigenvalue weighted by atomic mass is 9.88. The molecule has 2 aliphatic rings. The number of likely N-dealkylation sites (tertiary alicyclic amines) is 1. The highest BCUT2D eigenvalue weighted by molar-refractivity contribution is 9.10. The molecule has 0 N–H and O–H groups in total. The molecule has 5 nitrogen and oxygen atoms in total. The van der Waals surface area contributed by atoms with Crippen molar-refractivity contribution in [2.24, 2.45) is 5.92 Å². The molecule has 2 aromatic rings. The molecule has 1 amide bonds. The Kier molecular flexibility index (Phi) is 5.76. The number of carbonyl (C=O) groups is 1. The molecule has 2 unspecified atom stereocenters. The minimum atomic E-state index is -0.118. The smallest absolute Gasteiger partial charge is 0.318 e. The van der Waals surface area contributed by atoms with Crippen LogP contribution in [0.2, 0.25) is 0 Å². The summed E-state index contributed by atoms with van der Waals surface area (Å²) in [6, 6.07) is 7.98. The Hall–Kier alpha value is -2.21.